The summed E-state index contributed by atoms with van der Waals surface area (Å²) in [6, 6.07) is 21.0. The molecule has 0 radical (unpaired) electrons. The first-order valence-electron chi connectivity index (χ1n) is 8.36. The SMILES string of the molecule is O=C(/C=C/c1cccc2ccccc12)NC(=S)NNC(=O)c1ccccc1I. The highest BCUT2D eigenvalue weighted by atomic mass is 127. The maximum Gasteiger partial charge on any atom is 0.270 e. The molecule has 0 fully saturated rings. The zero-order valence-electron chi connectivity index (χ0n) is 14.6. The molecule has 2 amide bonds. The highest BCUT2D eigenvalue weighted by Gasteiger charge is 2.09. The van der Waals surface area contributed by atoms with Crippen LogP contribution in [0.25, 0.3) is 16.8 Å². The topological polar surface area (TPSA) is 70.2 Å². The van der Waals surface area contributed by atoms with Crippen LogP contribution in [0.3, 0.4) is 0 Å². The van der Waals surface area contributed by atoms with Gasteiger partial charge >= 0.3 is 0 Å². The van der Waals surface area contributed by atoms with E-state index in [9.17, 15) is 9.59 Å². The number of amides is 2. The Hall–Kier alpha value is -2.78. The van der Waals surface area contributed by atoms with Gasteiger partial charge in [-0.25, -0.2) is 0 Å². The van der Waals surface area contributed by atoms with Crippen molar-refractivity contribution in [3.8, 4) is 0 Å². The molecule has 3 rings (SSSR count). The molecule has 0 atom stereocenters. The Morgan fingerprint density at radius 1 is 0.893 bits per heavy atom. The van der Waals surface area contributed by atoms with Gasteiger partial charge in [-0.05, 0) is 69.4 Å². The lowest BCUT2D eigenvalue weighted by Crippen LogP contribution is -2.48. The van der Waals surface area contributed by atoms with Crippen LogP contribution >= 0.6 is 34.8 Å². The van der Waals surface area contributed by atoms with E-state index < -0.39 is 5.91 Å². The summed E-state index contributed by atoms with van der Waals surface area (Å²) in [5.41, 5.74) is 6.44. The molecule has 0 aliphatic heterocycles. The first-order valence-corrected chi connectivity index (χ1v) is 9.85. The van der Waals surface area contributed by atoms with E-state index in [-0.39, 0.29) is 11.0 Å². The number of nitrogens with one attached hydrogen (secondary N) is 3. The minimum atomic E-state index is -0.394. The second kappa shape index (κ2) is 9.43. The zero-order valence-corrected chi connectivity index (χ0v) is 17.6. The molecule has 7 heteroatoms. The molecule has 0 aliphatic rings. The molecule has 0 spiro atoms. The lowest BCUT2D eigenvalue weighted by atomic mass is 10.0. The third-order valence-corrected chi connectivity index (χ3v) is 5.03. The molecular formula is C21H16IN3O2S. The Balaban J connectivity index is 1.56. The van der Waals surface area contributed by atoms with Crippen LogP contribution in [0.1, 0.15) is 15.9 Å². The van der Waals surface area contributed by atoms with E-state index in [0.717, 1.165) is 19.9 Å². The van der Waals surface area contributed by atoms with E-state index in [1.54, 1.807) is 18.2 Å². The first kappa shape index (κ1) is 20.0. The number of halogens is 1. The molecule has 140 valence electrons. The Bertz CT molecular complexity index is 1080. The number of hydrogen-bond acceptors (Lipinski definition) is 3. The van der Waals surface area contributed by atoms with Crippen molar-refractivity contribution in [1.29, 1.82) is 0 Å². The van der Waals surface area contributed by atoms with Gasteiger partial charge in [0.25, 0.3) is 5.91 Å². The largest absolute Gasteiger partial charge is 0.298 e. The number of hydrogen-bond donors (Lipinski definition) is 3. The maximum atomic E-state index is 12.1. The molecule has 0 saturated heterocycles. The van der Waals surface area contributed by atoms with E-state index in [1.165, 1.54) is 6.08 Å². The van der Waals surface area contributed by atoms with Gasteiger partial charge in [-0.3, -0.25) is 25.8 Å². The van der Waals surface area contributed by atoms with Crippen LogP contribution < -0.4 is 16.2 Å². The fraction of sp³-hybridized carbons (Fsp3) is 0. The Morgan fingerprint density at radius 2 is 1.61 bits per heavy atom. The summed E-state index contributed by atoms with van der Waals surface area (Å²) in [4.78, 5) is 24.2. The van der Waals surface area contributed by atoms with Crippen LogP contribution in [-0.2, 0) is 4.79 Å². The van der Waals surface area contributed by atoms with Gasteiger partial charge in [-0.1, -0.05) is 54.6 Å². The summed E-state index contributed by atoms with van der Waals surface area (Å²) in [6.07, 6.45) is 3.13. The smallest absolute Gasteiger partial charge is 0.270 e. The van der Waals surface area contributed by atoms with Crippen LogP contribution in [0.2, 0.25) is 0 Å². The fourth-order valence-electron chi connectivity index (χ4n) is 2.57. The summed E-state index contributed by atoms with van der Waals surface area (Å²) in [5.74, 6) is -0.734. The van der Waals surface area contributed by atoms with Gasteiger partial charge < -0.3 is 0 Å². The monoisotopic (exact) mass is 501 g/mol. The van der Waals surface area contributed by atoms with Gasteiger partial charge in [0.1, 0.15) is 0 Å². The summed E-state index contributed by atoms with van der Waals surface area (Å²) in [6.45, 7) is 0. The third kappa shape index (κ3) is 5.14. The molecule has 3 aromatic rings. The van der Waals surface area contributed by atoms with Crippen molar-refractivity contribution < 1.29 is 9.59 Å². The summed E-state index contributed by atoms with van der Waals surface area (Å²) in [7, 11) is 0. The average molecular weight is 501 g/mol. The molecule has 0 aliphatic carbocycles. The van der Waals surface area contributed by atoms with Crippen molar-refractivity contribution in [2.24, 2.45) is 0 Å². The van der Waals surface area contributed by atoms with E-state index in [2.05, 4.69) is 38.8 Å². The van der Waals surface area contributed by atoms with Gasteiger partial charge in [0.2, 0.25) is 5.91 Å². The standard InChI is InChI=1S/C21H16IN3O2S/c22-18-11-4-3-10-17(18)20(27)24-25-21(28)23-19(26)13-12-15-8-5-7-14-6-1-2-9-16(14)15/h1-13H,(H,24,27)(H2,23,25,26,28)/b13-12+. The van der Waals surface area contributed by atoms with Gasteiger partial charge in [0.05, 0.1) is 5.56 Å². The quantitative estimate of drug-likeness (QED) is 0.221. The van der Waals surface area contributed by atoms with Crippen LogP contribution in [0.15, 0.2) is 72.8 Å². The molecule has 0 aromatic heterocycles. The summed E-state index contributed by atoms with van der Waals surface area (Å²) >= 11 is 7.12. The number of benzene rings is 3. The molecule has 3 aromatic carbocycles. The Labute approximate surface area is 181 Å². The fourth-order valence-corrected chi connectivity index (χ4v) is 3.36. The van der Waals surface area contributed by atoms with Gasteiger partial charge in [0.15, 0.2) is 5.11 Å². The summed E-state index contributed by atoms with van der Waals surface area (Å²) in [5, 5.41) is 4.66. The van der Waals surface area contributed by atoms with E-state index in [4.69, 9.17) is 12.2 Å². The molecular weight excluding hydrogens is 485 g/mol. The van der Waals surface area contributed by atoms with Crippen molar-refractivity contribution in [1.82, 2.24) is 16.2 Å². The van der Waals surface area contributed by atoms with Gasteiger partial charge in [-0.15, -0.1) is 0 Å². The lowest BCUT2D eigenvalue weighted by molar-refractivity contribution is -0.115. The number of hydrazine groups is 1. The predicted octanol–water partition coefficient (Wildman–Crippen LogP) is 3.79. The van der Waals surface area contributed by atoms with E-state index in [0.29, 0.717) is 5.56 Å². The van der Waals surface area contributed by atoms with Crippen LogP contribution in [0.5, 0.6) is 0 Å². The zero-order chi connectivity index (χ0) is 19.9. The van der Waals surface area contributed by atoms with Crippen LogP contribution in [0, 0.1) is 3.57 Å². The second-order valence-electron chi connectivity index (χ2n) is 5.78. The molecule has 3 N–H and O–H groups in total. The van der Waals surface area contributed by atoms with Crippen molar-refractivity contribution in [2.45, 2.75) is 0 Å². The minimum absolute atomic E-state index is 0.00635. The Kier molecular flexibility index (Phi) is 6.72. The summed E-state index contributed by atoms with van der Waals surface area (Å²) < 4.78 is 0.812. The number of carbonyl (C=O) groups excluding carboxylic acids is 2. The van der Waals surface area contributed by atoms with Crippen LogP contribution in [-0.4, -0.2) is 16.9 Å². The number of thiocarbonyl (C=S) groups is 1. The van der Waals surface area contributed by atoms with Crippen LogP contribution in [0.4, 0.5) is 0 Å². The minimum Gasteiger partial charge on any atom is -0.298 e. The average Bonchev–Trinajstić information content (AvgIpc) is 2.70. The van der Waals surface area contributed by atoms with Crippen molar-refractivity contribution in [3.05, 3.63) is 87.5 Å². The number of fused-ring (bicyclic) bond motifs is 1. The van der Waals surface area contributed by atoms with Crippen molar-refractivity contribution >= 4 is 68.6 Å². The normalized spacial score (nSPS) is 10.6. The van der Waals surface area contributed by atoms with E-state index in [1.807, 2.05) is 54.6 Å². The molecule has 0 bridgehead atoms. The molecule has 0 unspecified atom stereocenters. The highest BCUT2D eigenvalue weighted by Crippen LogP contribution is 2.19. The number of carbonyl (C=O) groups is 2. The first-order chi connectivity index (χ1) is 13.5. The highest BCUT2D eigenvalue weighted by molar-refractivity contribution is 14.1. The molecule has 5 nitrogen and oxygen atoms in total. The number of rotatable bonds is 3. The Morgan fingerprint density at radius 3 is 2.43 bits per heavy atom. The van der Waals surface area contributed by atoms with Crippen molar-refractivity contribution in [3.63, 3.8) is 0 Å². The maximum absolute atomic E-state index is 12.1. The molecule has 0 saturated carbocycles. The molecule has 0 heterocycles. The van der Waals surface area contributed by atoms with E-state index >= 15 is 0 Å². The lowest BCUT2D eigenvalue weighted by Gasteiger charge is -2.10. The second-order valence-corrected chi connectivity index (χ2v) is 7.35. The van der Waals surface area contributed by atoms with Gasteiger partial charge in [0, 0.05) is 9.65 Å². The predicted molar refractivity (Wildman–Crippen MR) is 123 cm³/mol. The van der Waals surface area contributed by atoms with Crippen molar-refractivity contribution in [2.75, 3.05) is 0 Å². The third-order valence-electron chi connectivity index (χ3n) is 3.88. The van der Waals surface area contributed by atoms with Gasteiger partial charge in [-0.2, -0.15) is 0 Å². The molecule has 28 heavy (non-hydrogen) atoms.